The second-order valence-electron chi connectivity index (χ2n) is 10.9. The van der Waals surface area contributed by atoms with Crippen LogP contribution < -0.4 is 10.6 Å². The third kappa shape index (κ3) is 7.72. The van der Waals surface area contributed by atoms with E-state index < -0.39 is 17.6 Å². The molecule has 1 aliphatic carbocycles. The van der Waals surface area contributed by atoms with Gasteiger partial charge in [0.05, 0.1) is 12.1 Å². The van der Waals surface area contributed by atoms with Crippen LogP contribution in [0.1, 0.15) is 49.0 Å². The number of amides is 3. The van der Waals surface area contributed by atoms with Gasteiger partial charge in [-0.3, -0.25) is 24.2 Å². The maximum Gasteiger partial charge on any atom is 0.416 e. The number of likely N-dealkylation sites (tertiary alicyclic amines) is 1. The summed E-state index contributed by atoms with van der Waals surface area (Å²) in [5.41, 5.74) is -0.174. The smallest absolute Gasteiger partial charge is 0.350 e. The Labute approximate surface area is 233 Å². The lowest BCUT2D eigenvalue weighted by Gasteiger charge is -2.45. The molecule has 2 aliphatic heterocycles. The highest BCUT2D eigenvalue weighted by atomic mass is 19.4. The predicted octanol–water partition coefficient (Wildman–Crippen LogP) is 2.82. The molecule has 0 bridgehead atoms. The quantitative estimate of drug-likeness (QED) is 0.510. The lowest BCUT2D eigenvalue weighted by molar-refractivity contribution is -0.137. The molecule has 2 unspecified atom stereocenters. The molecular weight excluding hydrogens is 523 g/mol. The Morgan fingerprint density at radius 1 is 1.05 bits per heavy atom. The molecule has 2 fully saturated rings. The van der Waals surface area contributed by atoms with Crippen molar-refractivity contribution < 1.29 is 27.6 Å². The summed E-state index contributed by atoms with van der Waals surface area (Å²) in [7, 11) is 0. The van der Waals surface area contributed by atoms with Crippen molar-refractivity contribution >= 4 is 17.7 Å². The van der Waals surface area contributed by atoms with Crippen LogP contribution >= 0.6 is 0 Å². The molecule has 11 heteroatoms. The van der Waals surface area contributed by atoms with E-state index in [0.29, 0.717) is 13.1 Å². The van der Waals surface area contributed by atoms with Crippen molar-refractivity contribution in [2.75, 3.05) is 45.8 Å². The van der Waals surface area contributed by atoms with Crippen molar-refractivity contribution in [2.24, 2.45) is 0 Å². The molecule has 0 aromatic heterocycles. The first kappa shape index (κ1) is 29.8. The zero-order chi connectivity index (χ0) is 28.9. The molecule has 3 amide bonds. The van der Waals surface area contributed by atoms with Gasteiger partial charge in [-0.15, -0.1) is 0 Å². The Morgan fingerprint density at radius 2 is 1.85 bits per heavy atom. The van der Waals surface area contributed by atoms with E-state index in [-0.39, 0.29) is 42.0 Å². The van der Waals surface area contributed by atoms with Gasteiger partial charge in [-0.1, -0.05) is 24.3 Å². The number of carbonyl (C=O) groups excluding carboxylic acids is 3. The summed E-state index contributed by atoms with van der Waals surface area (Å²) < 4.78 is 38.7. The normalized spacial score (nSPS) is 24.1. The number of benzene rings is 1. The number of nitrogens with zero attached hydrogens (tertiary/aromatic N) is 3. The maximum atomic E-state index is 13.0. The first-order chi connectivity index (χ1) is 19.0. The van der Waals surface area contributed by atoms with Gasteiger partial charge in [-0.05, 0) is 51.3 Å². The van der Waals surface area contributed by atoms with Crippen LogP contribution in [0.15, 0.2) is 48.1 Å². The number of alkyl halides is 3. The van der Waals surface area contributed by atoms with Gasteiger partial charge in [0.1, 0.15) is 0 Å². The first-order valence-electron chi connectivity index (χ1n) is 13.9. The summed E-state index contributed by atoms with van der Waals surface area (Å²) in [6.07, 6.45) is 3.92. The number of carbonyl (C=O) groups is 3. The Bertz CT molecular complexity index is 1150. The number of nitrogens with one attached hydrogen (secondary N) is 2. The van der Waals surface area contributed by atoms with Crippen molar-refractivity contribution in [2.45, 2.75) is 57.4 Å². The fraction of sp³-hybridized carbons (Fsp3) is 0.552. The Hall–Kier alpha value is -3.18. The zero-order valence-corrected chi connectivity index (χ0v) is 23.0. The van der Waals surface area contributed by atoms with Crippen LogP contribution in [0.2, 0.25) is 0 Å². The van der Waals surface area contributed by atoms with Crippen molar-refractivity contribution in [1.29, 1.82) is 0 Å². The highest BCUT2D eigenvalue weighted by molar-refractivity contribution is 5.96. The van der Waals surface area contributed by atoms with E-state index in [1.54, 1.807) is 0 Å². The number of hydrogen-bond donors (Lipinski definition) is 2. The van der Waals surface area contributed by atoms with E-state index in [0.717, 1.165) is 63.1 Å². The molecule has 3 atom stereocenters. The molecule has 1 aromatic carbocycles. The van der Waals surface area contributed by atoms with E-state index in [4.69, 9.17) is 0 Å². The second-order valence-corrected chi connectivity index (χ2v) is 10.9. The monoisotopic (exact) mass is 561 g/mol. The van der Waals surface area contributed by atoms with Crippen LogP contribution in [0.4, 0.5) is 13.2 Å². The molecule has 8 nitrogen and oxygen atoms in total. The molecular formula is C29H38F3N5O3. The van der Waals surface area contributed by atoms with Gasteiger partial charge in [0.25, 0.3) is 5.91 Å². The molecule has 0 radical (unpaired) electrons. The maximum absolute atomic E-state index is 13.0. The van der Waals surface area contributed by atoms with Gasteiger partial charge < -0.3 is 15.5 Å². The molecule has 218 valence electrons. The molecule has 40 heavy (non-hydrogen) atoms. The molecule has 2 heterocycles. The zero-order valence-electron chi connectivity index (χ0n) is 23.0. The molecule has 3 aliphatic rings. The molecule has 2 N–H and O–H groups in total. The molecule has 0 spiro atoms. The van der Waals surface area contributed by atoms with Gasteiger partial charge >= 0.3 is 6.18 Å². The summed E-state index contributed by atoms with van der Waals surface area (Å²) in [4.78, 5) is 44.3. The Morgan fingerprint density at radius 3 is 2.58 bits per heavy atom. The average Bonchev–Trinajstić information content (AvgIpc) is 3.38. The second kappa shape index (κ2) is 13.0. The highest BCUT2D eigenvalue weighted by Crippen LogP contribution is 2.29. The summed E-state index contributed by atoms with van der Waals surface area (Å²) in [5.74, 6) is -0.960. The topological polar surface area (TPSA) is 85.0 Å². The molecule has 4 rings (SSSR count). The van der Waals surface area contributed by atoms with E-state index in [1.807, 2.05) is 17.1 Å². The minimum atomic E-state index is -4.55. The van der Waals surface area contributed by atoms with Crippen molar-refractivity contribution in [3.05, 3.63) is 59.2 Å². The van der Waals surface area contributed by atoms with E-state index in [1.165, 1.54) is 12.1 Å². The highest BCUT2D eigenvalue weighted by Gasteiger charge is 2.34. The van der Waals surface area contributed by atoms with Gasteiger partial charge in [-0.25, -0.2) is 0 Å². The third-order valence-electron chi connectivity index (χ3n) is 7.87. The average molecular weight is 562 g/mol. The summed E-state index contributed by atoms with van der Waals surface area (Å²) in [5, 5.41) is 5.31. The molecule has 0 saturated carbocycles. The van der Waals surface area contributed by atoms with Gasteiger partial charge in [0, 0.05) is 68.5 Å². The predicted molar refractivity (Wildman–Crippen MR) is 145 cm³/mol. The Kier molecular flexibility index (Phi) is 9.68. The van der Waals surface area contributed by atoms with Crippen molar-refractivity contribution in [1.82, 2.24) is 25.3 Å². The first-order valence-corrected chi connectivity index (χ1v) is 13.9. The minimum absolute atomic E-state index is 0.0541. The largest absolute Gasteiger partial charge is 0.416 e. The molecule has 2 saturated heterocycles. The van der Waals surface area contributed by atoms with Crippen LogP contribution in [-0.2, 0) is 15.8 Å². The lowest BCUT2D eigenvalue weighted by Crippen LogP contribution is -2.59. The number of rotatable bonds is 8. The van der Waals surface area contributed by atoms with Crippen molar-refractivity contribution in [3.8, 4) is 0 Å². The number of halogens is 3. The fourth-order valence-corrected chi connectivity index (χ4v) is 5.56. The Balaban J connectivity index is 1.17. The lowest BCUT2D eigenvalue weighted by atomic mass is 10.0. The SMILES string of the molecule is CC1CN(C(=O)C2=CC=CCC2)C(C)CN1CCN1CC[C@@H](NC(=O)CNC(=O)c2cccc(C(F)(F)F)c2)C1. The fourth-order valence-electron chi connectivity index (χ4n) is 5.56. The molecule has 1 aromatic rings. The van der Waals surface area contributed by atoms with Crippen LogP contribution in [0.3, 0.4) is 0 Å². The van der Waals surface area contributed by atoms with Crippen LogP contribution in [0, 0.1) is 0 Å². The summed E-state index contributed by atoms with van der Waals surface area (Å²) >= 11 is 0. The van der Waals surface area contributed by atoms with Crippen LogP contribution in [-0.4, -0.2) is 96.4 Å². The minimum Gasteiger partial charge on any atom is -0.350 e. The summed E-state index contributed by atoms with van der Waals surface area (Å²) in [6.45, 7) is 8.71. The van der Waals surface area contributed by atoms with Gasteiger partial charge in [-0.2, -0.15) is 13.2 Å². The van der Waals surface area contributed by atoms with Gasteiger partial charge in [0.2, 0.25) is 11.8 Å². The van der Waals surface area contributed by atoms with Crippen molar-refractivity contribution in [3.63, 3.8) is 0 Å². The number of piperazine rings is 1. The van der Waals surface area contributed by atoms with E-state index in [9.17, 15) is 27.6 Å². The van der Waals surface area contributed by atoms with E-state index in [2.05, 4.69) is 40.4 Å². The van der Waals surface area contributed by atoms with E-state index >= 15 is 0 Å². The van der Waals surface area contributed by atoms with Gasteiger partial charge in [0.15, 0.2) is 0 Å². The third-order valence-corrected chi connectivity index (χ3v) is 7.87. The number of allylic oxidation sites excluding steroid dienone is 3. The standard InChI is InChI=1S/C29H38F3N5O3/c1-20-18-37(28(40)22-7-4-3-5-8-22)21(2)17-36(20)14-13-35-12-11-25(19-35)34-26(38)16-33-27(39)23-9-6-10-24(15-23)29(30,31)32/h3-4,6-7,9-10,15,20-21,25H,5,8,11-14,16-19H2,1-2H3,(H,33,39)(H,34,38)/t20?,21?,25-/m1/s1. The summed E-state index contributed by atoms with van der Waals surface area (Å²) in [6, 6.07) is 4.44. The van der Waals surface area contributed by atoms with Crippen LogP contribution in [0.5, 0.6) is 0 Å². The number of hydrogen-bond acceptors (Lipinski definition) is 5. The van der Waals surface area contributed by atoms with Crippen LogP contribution in [0.25, 0.3) is 0 Å².